The van der Waals surface area contributed by atoms with Gasteiger partial charge in [-0.15, -0.1) is 0 Å². The first-order valence-corrected chi connectivity index (χ1v) is 11.9. The number of rotatable bonds is 4. The van der Waals surface area contributed by atoms with E-state index in [0.717, 1.165) is 6.42 Å². The van der Waals surface area contributed by atoms with Crippen molar-refractivity contribution in [2.45, 2.75) is 109 Å². The zero-order valence-electron chi connectivity index (χ0n) is 19.1. The van der Waals surface area contributed by atoms with E-state index in [1.54, 1.807) is 0 Å². The minimum Gasteiger partial charge on any atom is -0.0555 e. The van der Waals surface area contributed by atoms with E-state index in [4.69, 9.17) is 0 Å². The molecule has 2 radical (unpaired) electrons. The lowest BCUT2D eigenvalue weighted by atomic mass is 9.70. The molecular weight excluding hydrogens is 348 g/mol. The fourth-order valence-corrected chi connectivity index (χ4v) is 5.83. The Balaban J connectivity index is 1.62. The first-order chi connectivity index (χ1) is 13.9. The van der Waals surface area contributed by atoms with Crippen molar-refractivity contribution < 1.29 is 0 Å². The van der Waals surface area contributed by atoms with Crippen LogP contribution in [0.15, 0.2) is 24.3 Å². The van der Waals surface area contributed by atoms with E-state index in [-0.39, 0.29) is 0 Å². The van der Waals surface area contributed by atoms with Crippen molar-refractivity contribution in [2.75, 3.05) is 0 Å². The van der Waals surface area contributed by atoms with Crippen LogP contribution < -0.4 is 0 Å². The Morgan fingerprint density at radius 2 is 1.00 bits per heavy atom. The van der Waals surface area contributed by atoms with Gasteiger partial charge in [0.2, 0.25) is 0 Å². The summed E-state index contributed by atoms with van der Waals surface area (Å²) in [4.78, 5) is 0. The van der Waals surface area contributed by atoms with Crippen molar-refractivity contribution >= 4 is 0 Å². The van der Waals surface area contributed by atoms with E-state index in [0.29, 0.717) is 10.8 Å². The van der Waals surface area contributed by atoms with Crippen LogP contribution in [0.3, 0.4) is 0 Å². The summed E-state index contributed by atoms with van der Waals surface area (Å²) in [5.41, 5.74) is 8.97. The summed E-state index contributed by atoms with van der Waals surface area (Å²) in [6, 6.07) is 17.2. The van der Waals surface area contributed by atoms with Gasteiger partial charge in [0.25, 0.3) is 0 Å². The molecule has 4 rings (SSSR count). The van der Waals surface area contributed by atoms with Crippen LogP contribution in [0.1, 0.15) is 111 Å². The molecular formula is C29H38. The van der Waals surface area contributed by atoms with Crippen LogP contribution in [0.25, 0.3) is 0 Å². The van der Waals surface area contributed by atoms with Crippen molar-refractivity contribution in [2.24, 2.45) is 0 Å². The average Bonchev–Trinajstić information content (AvgIpc) is 2.68. The van der Waals surface area contributed by atoms with Gasteiger partial charge in [0, 0.05) is 0 Å². The molecule has 2 aliphatic rings. The molecule has 0 unspecified atom stereocenters. The zero-order chi connectivity index (χ0) is 20.5. The van der Waals surface area contributed by atoms with Crippen LogP contribution in [0.4, 0.5) is 0 Å². The minimum atomic E-state index is 0.316. The average molecular weight is 387 g/mol. The van der Waals surface area contributed by atoms with Gasteiger partial charge in [-0.1, -0.05) is 87.8 Å². The molecule has 0 heterocycles. The predicted octanol–water partition coefficient (Wildman–Crippen LogP) is 7.94. The maximum Gasteiger partial charge on any atom is -0.00130 e. The molecule has 2 aliphatic carbocycles. The molecule has 2 saturated carbocycles. The number of benzene rings is 2. The van der Waals surface area contributed by atoms with E-state index < -0.39 is 0 Å². The molecule has 2 fully saturated rings. The lowest BCUT2D eigenvalue weighted by Gasteiger charge is -2.35. The first-order valence-electron chi connectivity index (χ1n) is 11.9. The van der Waals surface area contributed by atoms with Gasteiger partial charge in [-0.05, 0) is 91.2 Å². The van der Waals surface area contributed by atoms with Gasteiger partial charge in [-0.2, -0.15) is 0 Å². The molecule has 0 heteroatoms. The third-order valence-electron chi connectivity index (χ3n) is 7.73. The molecule has 0 aromatic heterocycles. The zero-order valence-corrected chi connectivity index (χ0v) is 19.1. The molecule has 0 atom stereocenters. The maximum atomic E-state index is 3.85. The Morgan fingerprint density at radius 1 is 0.621 bits per heavy atom. The van der Waals surface area contributed by atoms with Crippen LogP contribution in [0.2, 0.25) is 0 Å². The highest BCUT2D eigenvalue weighted by Gasteiger charge is 2.30. The van der Waals surface area contributed by atoms with E-state index >= 15 is 0 Å². The highest BCUT2D eigenvalue weighted by atomic mass is 14.3. The van der Waals surface area contributed by atoms with E-state index in [2.05, 4.69) is 64.1 Å². The fourth-order valence-electron chi connectivity index (χ4n) is 5.83. The highest BCUT2D eigenvalue weighted by Crippen LogP contribution is 2.41. The molecule has 154 valence electrons. The topological polar surface area (TPSA) is 0 Å². The van der Waals surface area contributed by atoms with Gasteiger partial charge >= 0.3 is 0 Å². The summed E-state index contributed by atoms with van der Waals surface area (Å²) < 4.78 is 0. The van der Waals surface area contributed by atoms with E-state index in [1.165, 1.54) is 97.6 Å². The molecule has 0 spiro atoms. The Hall–Kier alpha value is -1.56. The predicted molar refractivity (Wildman–Crippen MR) is 124 cm³/mol. The second-order valence-corrected chi connectivity index (χ2v) is 10.6. The molecule has 29 heavy (non-hydrogen) atoms. The molecule has 0 saturated heterocycles. The Bertz CT molecular complexity index is 773. The molecule has 0 aliphatic heterocycles. The van der Waals surface area contributed by atoms with Gasteiger partial charge < -0.3 is 0 Å². The number of aryl methyl sites for hydroxylation is 2. The van der Waals surface area contributed by atoms with Crippen LogP contribution in [0, 0.1) is 26.0 Å². The summed E-state index contributed by atoms with van der Waals surface area (Å²) >= 11 is 0. The van der Waals surface area contributed by atoms with E-state index in [1.807, 2.05) is 0 Å². The molecule has 2 aromatic rings. The van der Waals surface area contributed by atoms with Crippen molar-refractivity contribution in [1.82, 2.24) is 0 Å². The van der Waals surface area contributed by atoms with Gasteiger partial charge in [0.05, 0.1) is 0 Å². The minimum absolute atomic E-state index is 0.316. The SMILES string of the molecule is Cc1cc(Cc2[c]c(C3(C)CCCCC3)cc(C)c2)[c]c(C2(C)CCCCC2)c1. The quantitative estimate of drug-likeness (QED) is 0.500. The van der Waals surface area contributed by atoms with E-state index in [9.17, 15) is 0 Å². The Kier molecular flexibility index (Phi) is 5.92. The highest BCUT2D eigenvalue weighted by molar-refractivity contribution is 5.39. The Labute approximate surface area is 179 Å². The summed E-state index contributed by atoms with van der Waals surface area (Å²) in [7, 11) is 0. The van der Waals surface area contributed by atoms with Crippen molar-refractivity contribution in [3.05, 3.63) is 69.8 Å². The largest absolute Gasteiger partial charge is 0.0555 e. The van der Waals surface area contributed by atoms with Gasteiger partial charge in [0.15, 0.2) is 0 Å². The summed E-state index contributed by atoms with van der Waals surface area (Å²) in [6.07, 6.45) is 14.4. The van der Waals surface area contributed by atoms with Crippen LogP contribution in [0.5, 0.6) is 0 Å². The van der Waals surface area contributed by atoms with Gasteiger partial charge in [-0.25, -0.2) is 0 Å². The van der Waals surface area contributed by atoms with Gasteiger partial charge in [-0.3, -0.25) is 0 Å². The summed E-state index contributed by atoms with van der Waals surface area (Å²) in [6.45, 7) is 9.42. The monoisotopic (exact) mass is 386 g/mol. The normalized spacial score (nSPS) is 21.1. The first kappa shape index (κ1) is 20.7. The molecule has 0 bridgehead atoms. The third kappa shape index (κ3) is 4.62. The standard InChI is InChI=1S/C29H38/c1-22-15-24(20-26(17-22)28(3)11-7-5-8-12-28)19-25-16-23(2)18-27(21-25)29(4)13-9-6-10-14-29/h15-18H,5-14,19H2,1-4H3. The summed E-state index contributed by atoms with van der Waals surface area (Å²) in [5, 5.41) is 0. The Morgan fingerprint density at radius 3 is 1.38 bits per heavy atom. The van der Waals surface area contributed by atoms with Gasteiger partial charge in [0.1, 0.15) is 0 Å². The van der Waals surface area contributed by atoms with Crippen LogP contribution in [-0.4, -0.2) is 0 Å². The lowest BCUT2D eigenvalue weighted by Crippen LogP contribution is -2.25. The van der Waals surface area contributed by atoms with Crippen LogP contribution >= 0.6 is 0 Å². The summed E-state index contributed by atoms with van der Waals surface area (Å²) in [5.74, 6) is 0. The lowest BCUT2D eigenvalue weighted by molar-refractivity contribution is 0.318. The van der Waals surface area contributed by atoms with Crippen molar-refractivity contribution in [3.63, 3.8) is 0 Å². The molecule has 0 amide bonds. The second kappa shape index (κ2) is 8.29. The number of hydrogen-bond acceptors (Lipinski definition) is 0. The molecule has 0 nitrogen and oxygen atoms in total. The molecule has 0 N–H and O–H groups in total. The van der Waals surface area contributed by atoms with Crippen LogP contribution in [-0.2, 0) is 17.3 Å². The van der Waals surface area contributed by atoms with Crippen molar-refractivity contribution in [3.8, 4) is 0 Å². The fraction of sp³-hybridized carbons (Fsp3) is 0.586. The van der Waals surface area contributed by atoms with Crippen molar-refractivity contribution in [1.29, 1.82) is 0 Å². The smallest absolute Gasteiger partial charge is 0.00130 e. The number of hydrogen-bond donors (Lipinski definition) is 0. The third-order valence-corrected chi connectivity index (χ3v) is 7.73. The second-order valence-electron chi connectivity index (χ2n) is 10.6. The maximum absolute atomic E-state index is 3.85. The molecule has 2 aromatic carbocycles.